The van der Waals surface area contributed by atoms with Crippen LogP contribution in [-0.4, -0.2) is 5.84 Å². The molecule has 0 aromatic heterocycles. The van der Waals surface area contributed by atoms with E-state index in [-0.39, 0.29) is 23.8 Å². The Morgan fingerprint density at radius 1 is 1.27 bits per heavy atom. The molecular formula is C9H14ClN5. The van der Waals surface area contributed by atoms with Crippen LogP contribution in [0.4, 0.5) is 0 Å². The molecule has 0 bridgehead atoms. The molecule has 0 rings (SSSR count). The van der Waals surface area contributed by atoms with Crippen LogP contribution in [-0.2, 0) is 0 Å². The van der Waals surface area contributed by atoms with Crippen molar-refractivity contribution in [2.45, 2.75) is 20.3 Å². The van der Waals surface area contributed by atoms with E-state index in [4.69, 9.17) is 22.0 Å². The lowest BCUT2D eigenvalue weighted by Crippen LogP contribution is -2.15. The Morgan fingerprint density at radius 3 is 2.13 bits per heavy atom. The van der Waals surface area contributed by atoms with Gasteiger partial charge in [-0.1, -0.05) is 13.8 Å². The van der Waals surface area contributed by atoms with Crippen molar-refractivity contribution in [2.75, 3.05) is 0 Å². The summed E-state index contributed by atoms with van der Waals surface area (Å²) >= 11 is 0. The first-order chi connectivity index (χ1) is 6.51. The van der Waals surface area contributed by atoms with Crippen molar-refractivity contribution >= 4 is 18.2 Å². The van der Waals surface area contributed by atoms with Crippen LogP contribution >= 0.6 is 12.4 Å². The van der Waals surface area contributed by atoms with Crippen LogP contribution < -0.4 is 11.5 Å². The van der Waals surface area contributed by atoms with Crippen molar-refractivity contribution in [1.29, 1.82) is 10.5 Å². The van der Waals surface area contributed by atoms with E-state index >= 15 is 0 Å². The zero-order chi connectivity index (χ0) is 11.1. The summed E-state index contributed by atoms with van der Waals surface area (Å²) in [5, 5.41) is 17.0. The van der Waals surface area contributed by atoms with E-state index in [1.807, 2.05) is 13.8 Å². The minimum absolute atomic E-state index is 0. The highest BCUT2D eigenvalue weighted by atomic mass is 35.5. The molecule has 15 heavy (non-hydrogen) atoms. The van der Waals surface area contributed by atoms with Gasteiger partial charge >= 0.3 is 0 Å². The predicted molar refractivity (Wildman–Crippen MR) is 60.8 cm³/mol. The number of amidine groups is 1. The highest BCUT2D eigenvalue weighted by Gasteiger charge is 2.03. The monoisotopic (exact) mass is 227 g/mol. The van der Waals surface area contributed by atoms with E-state index in [1.165, 1.54) is 0 Å². The summed E-state index contributed by atoms with van der Waals surface area (Å²) in [6.07, 6.45) is 0.573. The Labute approximate surface area is 95.5 Å². The minimum atomic E-state index is -0.209. The normalized spacial score (nSPS) is 12.2. The second-order valence-electron chi connectivity index (χ2n) is 3.19. The number of nitrogens with zero attached hydrogens (tertiary/aromatic N) is 3. The van der Waals surface area contributed by atoms with Crippen molar-refractivity contribution in [2.24, 2.45) is 22.4 Å². The number of allylic oxidation sites excluding steroid dienone is 2. The number of rotatable bonds is 3. The number of halogens is 1. The summed E-state index contributed by atoms with van der Waals surface area (Å²) in [6.45, 7) is 3.96. The van der Waals surface area contributed by atoms with Crippen molar-refractivity contribution in [3.05, 3.63) is 11.4 Å². The van der Waals surface area contributed by atoms with E-state index in [9.17, 15) is 0 Å². The Morgan fingerprint density at radius 2 is 1.80 bits per heavy atom. The fraction of sp³-hybridized carbons (Fsp3) is 0.444. The summed E-state index contributed by atoms with van der Waals surface area (Å²) < 4.78 is 0. The fourth-order valence-electron chi connectivity index (χ4n) is 0.806. The maximum Gasteiger partial charge on any atom is 0.176 e. The molecule has 0 saturated heterocycles. The van der Waals surface area contributed by atoms with Gasteiger partial charge in [0.1, 0.15) is 23.7 Å². The molecule has 82 valence electrons. The van der Waals surface area contributed by atoms with Crippen LogP contribution in [0.25, 0.3) is 0 Å². The summed E-state index contributed by atoms with van der Waals surface area (Å²) in [5.74, 6) is 0.664. The molecule has 0 aliphatic rings. The zero-order valence-corrected chi connectivity index (χ0v) is 9.51. The number of nitriles is 2. The smallest absolute Gasteiger partial charge is 0.176 e. The third kappa shape index (κ3) is 6.36. The molecule has 0 amide bonds. The van der Waals surface area contributed by atoms with Gasteiger partial charge in [0.2, 0.25) is 0 Å². The average molecular weight is 228 g/mol. The lowest BCUT2D eigenvalue weighted by atomic mass is 10.1. The first-order valence-corrected chi connectivity index (χ1v) is 4.14. The maximum atomic E-state index is 8.61. The van der Waals surface area contributed by atoms with Crippen LogP contribution in [0.2, 0.25) is 0 Å². The molecule has 0 aliphatic heterocycles. The molecule has 0 spiro atoms. The van der Waals surface area contributed by atoms with Gasteiger partial charge in [-0.2, -0.15) is 10.5 Å². The van der Waals surface area contributed by atoms with E-state index < -0.39 is 0 Å². The summed E-state index contributed by atoms with van der Waals surface area (Å²) in [7, 11) is 0. The van der Waals surface area contributed by atoms with Gasteiger partial charge in [0.15, 0.2) is 5.70 Å². The fourth-order valence-corrected chi connectivity index (χ4v) is 0.806. The second kappa shape index (κ2) is 7.66. The highest BCUT2D eigenvalue weighted by Crippen LogP contribution is 2.03. The standard InChI is InChI=1S/C9H13N5.ClH/c1-6(2)3-9(13)14-8(5-11)7(12)4-10;/h6H,3,12H2,1-2H3,(H2,13,14);1H/b8-7+;. The molecule has 4 N–H and O–H groups in total. The number of hydrogen-bond donors (Lipinski definition) is 2. The molecule has 0 saturated carbocycles. The van der Waals surface area contributed by atoms with Gasteiger partial charge < -0.3 is 11.5 Å². The summed E-state index contributed by atoms with van der Waals surface area (Å²) in [5.41, 5.74) is 10.5. The molecular weight excluding hydrogens is 214 g/mol. The van der Waals surface area contributed by atoms with Crippen molar-refractivity contribution in [3.8, 4) is 12.1 Å². The topological polar surface area (TPSA) is 112 Å². The van der Waals surface area contributed by atoms with Gasteiger partial charge in [0.25, 0.3) is 0 Å². The van der Waals surface area contributed by atoms with Gasteiger partial charge in [-0.25, -0.2) is 4.99 Å². The SMILES string of the molecule is CC(C)CC(N)=N/C(C#N)=C(/N)C#N.Cl. The van der Waals surface area contributed by atoms with Gasteiger partial charge in [0, 0.05) is 6.42 Å². The van der Waals surface area contributed by atoms with Crippen LogP contribution in [0.5, 0.6) is 0 Å². The van der Waals surface area contributed by atoms with Crippen molar-refractivity contribution in [3.63, 3.8) is 0 Å². The Hall–Kier alpha value is -1.72. The molecule has 0 radical (unpaired) electrons. The molecule has 0 unspecified atom stereocenters. The first-order valence-electron chi connectivity index (χ1n) is 4.14. The first kappa shape index (κ1) is 15.7. The summed E-state index contributed by atoms with van der Waals surface area (Å²) in [6, 6.07) is 3.37. The third-order valence-electron chi connectivity index (χ3n) is 1.35. The van der Waals surface area contributed by atoms with Crippen LogP contribution in [0.1, 0.15) is 20.3 Å². The molecule has 0 aromatic rings. The minimum Gasteiger partial charge on any atom is -0.388 e. The quantitative estimate of drug-likeness (QED) is 0.426. The third-order valence-corrected chi connectivity index (χ3v) is 1.35. The maximum absolute atomic E-state index is 8.61. The molecule has 6 heteroatoms. The van der Waals surface area contributed by atoms with Crippen molar-refractivity contribution < 1.29 is 0 Å². The number of hydrogen-bond acceptors (Lipinski definition) is 4. The lowest BCUT2D eigenvalue weighted by molar-refractivity contribution is 0.680. The van der Waals surface area contributed by atoms with E-state index in [0.29, 0.717) is 18.2 Å². The predicted octanol–water partition coefficient (Wildman–Crippen LogP) is 1.03. The van der Waals surface area contributed by atoms with Gasteiger partial charge in [0.05, 0.1) is 0 Å². The molecule has 0 aliphatic carbocycles. The number of aliphatic imine (C=N–C) groups is 1. The largest absolute Gasteiger partial charge is 0.388 e. The lowest BCUT2D eigenvalue weighted by Gasteiger charge is -2.02. The van der Waals surface area contributed by atoms with E-state index in [2.05, 4.69) is 4.99 Å². The summed E-state index contributed by atoms with van der Waals surface area (Å²) in [4.78, 5) is 3.77. The highest BCUT2D eigenvalue weighted by molar-refractivity contribution is 5.85. The van der Waals surface area contributed by atoms with Gasteiger partial charge in [-0.05, 0) is 5.92 Å². The second-order valence-corrected chi connectivity index (χ2v) is 3.19. The molecule has 5 nitrogen and oxygen atoms in total. The molecule has 0 aromatic carbocycles. The Kier molecular flexibility index (Phi) is 8.04. The van der Waals surface area contributed by atoms with Crippen LogP contribution in [0.15, 0.2) is 16.4 Å². The van der Waals surface area contributed by atoms with Crippen LogP contribution in [0.3, 0.4) is 0 Å². The zero-order valence-electron chi connectivity index (χ0n) is 8.69. The molecule has 0 heterocycles. The molecule has 0 atom stereocenters. The van der Waals surface area contributed by atoms with E-state index in [0.717, 1.165) is 0 Å². The van der Waals surface area contributed by atoms with Gasteiger partial charge in [-0.3, -0.25) is 0 Å². The molecule has 0 fully saturated rings. The Bertz CT molecular complexity index is 342. The Balaban J connectivity index is 0. The van der Waals surface area contributed by atoms with Crippen LogP contribution in [0, 0.1) is 28.6 Å². The average Bonchev–Trinajstić information content (AvgIpc) is 2.11. The van der Waals surface area contributed by atoms with E-state index in [1.54, 1.807) is 12.1 Å². The number of nitrogens with two attached hydrogens (primary N) is 2. The van der Waals surface area contributed by atoms with Gasteiger partial charge in [-0.15, -0.1) is 12.4 Å². The van der Waals surface area contributed by atoms with Crippen molar-refractivity contribution in [1.82, 2.24) is 0 Å².